The van der Waals surface area contributed by atoms with Gasteiger partial charge in [0.1, 0.15) is 17.3 Å². The maximum atomic E-state index is 13.5. The number of nitrogens with one attached hydrogen (secondary N) is 1. The summed E-state index contributed by atoms with van der Waals surface area (Å²) in [5.41, 5.74) is -0.528. The van der Waals surface area contributed by atoms with Gasteiger partial charge >= 0.3 is 0 Å². The molecule has 0 unspecified atom stereocenters. The molecule has 2 atom stereocenters. The average molecular weight is 334 g/mol. The van der Waals surface area contributed by atoms with Crippen molar-refractivity contribution in [1.29, 1.82) is 0 Å². The summed E-state index contributed by atoms with van der Waals surface area (Å²) in [5, 5.41) is 2.14. The van der Waals surface area contributed by atoms with Crippen LogP contribution < -0.4 is 5.32 Å². The van der Waals surface area contributed by atoms with E-state index in [9.17, 15) is 23.2 Å². The maximum Gasteiger partial charge on any atom is 0.233 e. The molecule has 1 aromatic rings. The van der Waals surface area contributed by atoms with Crippen LogP contribution >= 0.6 is 0 Å². The molecule has 0 radical (unpaired) electrons. The van der Waals surface area contributed by atoms with Gasteiger partial charge in [0.2, 0.25) is 17.7 Å². The molecule has 126 valence electrons. The summed E-state index contributed by atoms with van der Waals surface area (Å²) in [5.74, 6) is -3.68. The maximum absolute atomic E-state index is 13.5. The predicted octanol–water partition coefficient (Wildman–Crippen LogP) is 2.24. The van der Waals surface area contributed by atoms with Crippen molar-refractivity contribution in [3.8, 4) is 0 Å². The minimum Gasteiger partial charge on any atom is -0.321 e. The second-order valence-electron chi connectivity index (χ2n) is 5.88. The Bertz CT molecular complexity index is 686. The molecule has 1 aromatic carbocycles. The van der Waals surface area contributed by atoms with Crippen molar-refractivity contribution in [3.05, 3.63) is 42.0 Å². The van der Waals surface area contributed by atoms with Gasteiger partial charge in [-0.1, -0.05) is 18.2 Å². The largest absolute Gasteiger partial charge is 0.321 e. The topological polar surface area (TPSA) is 66.5 Å². The lowest BCUT2D eigenvalue weighted by atomic mass is 9.85. The monoisotopic (exact) mass is 334 g/mol. The zero-order valence-corrected chi connectivity index (χ0v) is 12.8. The normalized spacial score (nSPS) is 22.7. The average Bonchev–Trinajstić information content (AvgIpc) is 2.81. The van der Waals surface area contributed by atoms with Crippen LogP contribution in [0.3, 0.4) is 0 Å². The van der Waals surface area contributed by atoms with Crippen LogP contribution in [0.2, 0.25) is 0 Å². The molecule has 5 nitrogen and oxygen atoms in total. The van der Waals surface area contributed by atoms with E-state index >= 15 is 0 Å². The summed E-state index contributed by atoms with van der Waals surface area (Å²) in [7, 11) is 0. The van der Waals surface area contributed by atoms with Gasteiger partial charge in [-0.25, -0.2) is 8.78 Å². The van der Waals surface area contributed by atoms with Crippen molar-refractivity contribution in [3.63, 3.8) is 0 Å². The Morgan fingerprint density at radius 2 is 1.62 bits per heavy atom. The van der Waals surface area contributed by atoms with Crippen LogP contribution in [0.4, 0.5) is 14.5 Å². The number of likely N-dealkylation sites (tertiary alicyclic amines) is 1. The zero-order valence-electron chi connectivity index (χ0n) is 12.8. The molecule has 1 heterocycles. The predicted molar refractivity (Wildman–Crippen MR) is 81.7 cm³/mol. The SMILES string of the molecule is O=C(CCN1C(=O)[C@H]2CC=CC[C@H]2C1=O)Nc1c(F)cccc1F. The van der Waals surface area contributed by atoms with Gasteiger partial charge in [-0.15, -0.1) is 0 Å². The van der Waals surface area contributed by atoms with Crippen LogP contribution in [0.25, 0.3) is 0 Å². The molecule has 0 saturated carbocycles. The van der Waals surface area contributed by atoms with Crippen molar-refractivity contribution in [2.45, 2.75) is 19.3 Å². The fourth-order valence-electron chi connectivity index (χ4n) is 3.12. The first-order chi connectivity index (χ1) is 11.5. The van der Waals surface area contributed by atoms with Gasteiger partial charge in [-0.2, -0.15) is 0 Å². The number of halogens is 2. The van der Waals surface area contributed by atoms with E-state index in [-0.39, 0.29) is 36.6 Å². The van der Waals surface area contributed by atoms with Gasteiger partial charge in [-0.05, 0) is 25.0 Å². The molecule has 3 rings (SSSR count). The second kappa shape index (κ2) is 6.51. The summed E-state index contributed by atoms with van der Waals surface area (Å²) >= 11 is 0. The number of fused-ring (bicyclic) bond motifs is 1. The van der Waals surface area contributed by atoms with E-state index in [2.05, 4.69) is 5.32 Å². The summed E-state index contributed by atoms with van der Waals surface area (Å²) in [6.45, 7) is -0.0907. The number of rotatable bonds is 4. The number of para-hydroxylation sites is 1. The number of amides is 3. The number of hydrogen-bond acceptors (Lipinski definition) is 3. The molecule has 0 aromatic heterocycles. The third kappa shape index (κ3) is 2.93. The van der Waals surface area contributed by atoms with Gasteiger partial charge in [0.15, 0.2) is 0 Å². The fraction of sp³-hybridized carbons (Fsp3) is 0.353. The van der Waals surface area contributed by atoms with Gasteiger partial charge in [-0.3, -0.25) is 19.3 Å². The summed E-state index contributed by atoms with van der Waals surface area (Å²) < 4.78 is 27.0. The van der Waals surface area contributed by atoms with Crippen molar-refractivity contribution >= 4 is 23.4 Å². The van der Waals surface area contributed by atoms with Crippen LogP contribution in [0.15, 0.2) is 30.4 Å². The first kappa shape index (κ1) is 16.3. The smallest absolute Gasteiger partial charge is 0.233 e. The minimum atomic E-state index is -0.881. The van der Waals surface area contributed by atoms with E-state index in [0.717, 1.165) is 17.0 Å². The third-order valence-corrected chi connectivity index (χ3v) is 4.39. The van der Waals surface area contributed by atoms with Crippen LogP contribution in [0, 0.1) is 23.5 Å². The van der Waals surface area contributed by atoms with Crippen LogP contribution in [0.5, 0.6) is 0 Å². The quantitative estimate of drug-likeness (QED) is 0.678. The lowest BCUT2D eigenvalue weighted by molar-refractivity contribution is -0.140. The highest BCUT2D eigenvalue weighted by Gasteiger charge is 2.46. The Balaban J connectivity index is 1.61. The van der Waals surface area contributed by atoms with E-state index in [4.69, 9.17) is 0 Å². The lowest BCUT2D eigenvalue weighted by Crippen LogP contribution is -2.34. The molecule has 1 aliphatic carbocycles. The van der Waals surface area contributed by atoms with Gasteiger partial charge in [0.05, 0.1) is 11.8 Å². The number of benzene rings is 1. The van der Waals surface area contributed by atoms with Crippen molar-refractivity contribution < 1.29 is 23.2 Å². The van der Waals surface area contributed by atoms with E-state index in [1.807, 2.05) is 12.2 Å². The number of hydrogen-bond donors (Lipinski definition) is 1. The van der Waals surface area contributed by atoms with Crippen LogP contribution in [0.1, 0.15) is 19.3 Å². The minimum absolute atomic E-state index is 0.0907. The molecule has 1 aliphatic heterocycles. The highest BCUT2D eigenvalue weighted by molar-refractivity contribution is 6.05. The Labute approximate surface area is 137 Å². The Hall–Kier alpha value is -2.57. The number of nitrogens with zero attached hydrogens (tertiary/aromatic N) is 1. The summed E-state index contributed by atoms with van der Waals surface area (Å²) in [4.78, 5) is 37.5. The van der Waals surface area contributed by atoms with Crippen LogP contribution in [-0.2, 0) is 14.4 Å². The third-order valence-electron chi connectivity index (χ3n) is 4.39. The molecule has 0 bridgehead atoms. The highest BCUT2D eigenvalue weighted by atomic mass is 19.1. The van der Waals surface area contributed by atoms with Crippen molar-refractivity contribution in [2.75, 3.05) is 11.9 Å². The standard InChI is InChI=1S/C17H16F2N2O3/c18-12-6-3-7-13(19)15(12)20-14(22)8-9-21-16(23)10-4-1-2-5-11(10)17(21)24/h1-3,6-7,10-11H,4-5,8-9H2,(H,20,22)/t10-,11+. The van der Waals surface area contributed by atoms with E-state index in [1.54, 1.807) is 0 Å². The Morgan fingerprint density at radius 1 is 1.08 bits per heavy atom. The zero-order chi connectivity index (χ0) is 17.3. The fourth-order valence-corrected chi connectivity index (χ4v) is 3.12. The van der Waals surface area contributed by atoms with Gasteiger partial charge < -0.3 is 5.32 Å². The Kier molecular flexibility index (Phi) is 4.42. The first-order valence-electron chi connectivity index (χ1n) is 7.73. The lowest BCUT2D eigenvalue weighted by Gasteiger charge is -2.14. The number of carbonyl (C=O) groups excluding carboxylic acids is 3. The number of imide groups is 1. The molecule has 1 N–H and O–H groups in total. The summed E-state index contributed by atoms with van der Waals surface area (Å²) in [6, 6.07) is 3.26. The first-order valence-corrected chi connectivity index (χ1v) is 7.73. The number of carbonyl (C=O) groups is 3. The van der Waals surface area contributed by atoms with E-state index < -0.39 is 23.2 Å². The second-order valence-corrected chi connectivity index (χ2v) is 5.88. The number of anilines is 1. The van der Waals surface area contributed by atoms with E-state index in [1.165, 1.54) is 6.07 Å². The molecular weight excluding hydrogens is 318 g/mol. The van der Waals surface area contributed by atoms with Gasteiger partial charge in [0.25, 0.3) is 0 Å². The van der Waals surface area contributed by atoms with E-state index in [0.29, 0.717) is 12.8 Å². The highest BCUT2D eigenvalue weighted by Crippen LogP contribution is 2.35. The van der Waals surface area contributed by atoms with Crippen LogP contribution in [-0.4, -0.2) is 29.2 Å². The number of allylic oxidation sites excluding steroid dienone is 2. The van der Waals surface area contributed by atoms with Crippen molar-refractivity contribution in [2.24, 2.45) is 11.8 Å². The molecule has 7 heteroatoms. The molecular formula is C17H16F2N2O3. The molecule has 2 aliphatic rings. The van der Waals surface area contributed by atoms with Gasteiger partial charge in [0, 0.05) is 13.0 Å². The Morgan fingerprint density at radius 3 is 2.17 bits per heavy atom. The summed E-state index contributed by atoms with van der Waals surface area (Å²) in [6.07, 6.45) is 4.60. The molecule has 0 spiro atoms. The molecule has 3 amide bonds. The van der Waals surface area contributed by atoms with Crippen molar-refractivity contribution in [1.82, 2.24) is 4.90 Å². The molecule has 24 heavy (non-hydrogen) atoms. The molecule has 1 fully saturated rings. The molecule has 1 saturated heterocycles.